The van der Waals surface area contributed by atoms with Gasteiger partial charge in [-0.2, -0.15) is 0 Å². The van der Waals surface area contributed by atoms with E-state index in [9.17, 15) is 5.11 Å². The van der Waals surface area contributed by atoms with Crippen molar-refractivity contribution in [3.63, 3.8) is 0 Å². The Bertz CT molecular complexity index is 355. The van der Waals surface area contributed by atoms with Crippen LogP contribution in [0.3, 0.4) is 0 Å². The number of benzene rings is 1. The van der Waals surface area contributed by atoms with E-state index in [2.05, 4.69) is 54.1 Å². The summed E-state index contributed by atoms with van der Waals surface area (Å²) in [6.07, 6.45) is 0.863. The zero-order valence-electron chi connectivity index (χ0n) is 11.4. The van der Waals surface area contributed by atoms with Crippen LogP contribution in [-0.2, 0) is 6.54 Å². The second-order valence-corrected chi connectivity index (χ2v) is 5.39. The lowest BCUT2D eigenvalue weighted by molar-refractivity contribution is 0.0249. The van der Waals surface area contributed by atoms with Crippen molar-refractivity contribution in [1.29, 1.82) is 0 Å². The molecule has 2 unspecified atom stereocenters. The summed E-state index contributed by atoms with van der Waals surface area (Å²) in [5.74, 6) is 0. The number of nitrogens with zero attached hydrogens (tertiary/aromatic N) is 2. The predicted octanol–water partition coefficient (Wildman–Crippen LogP) is 1.57. The highest BCUT2D eigenvalue weighted by Gasteiger charge is 2.29. The summed E-state index contributed by atoms with van der Waals surface area (Å²) < 4.78 is 0. The van der Waals surface area contributed by atoms with E-state index in [1.54, 1.807) is 0 Å². The van der Waals surface area contributed by atoms with Crippen molar-refractivity contribution < 1.29 is 5.11 Å². The van der Waals surface area contributed by atoms with Crippen LogP contribution in [-0.4, -0.2) is 53.7 Å². The molecule has 1 saturated heterocycles. The first-order chi connectivity index (χ1) is 8.70. The Morgan fingerprint density at radius 2 is 1.94 bits per heavy atom. The van der Waals surface area contributed by atoms with Gasteiger partial charge in [-0.1, -0.05) is 30.3 Å². The van der Waals surface area contributed by atoms with Gasteiger partial charge in [-0.3, -0.25) is 4.90 Å². The second-order valence-electron chi connectivity index (χ2n) is 5.39. The normalized spacial score (nSPS) is 26.4. The average molecular weight is 248 g/mol. The molecule has 0 aliphatic carbocycles. The third-order valence-corrected chi connectivity index (χ3v) is 3.80. The van der Waals surface area contributed by atoms with Crippen molar-refractivity contribution >= 4 is 0 Å². The molecule has 0 aromatic heterocycles. The SMILES string of the molecule is CC1CN(C)CC(CCO)N1Cc1ccccc1. The lowest BCUT2D eigenvalue weighted by atomic mass is 10.0. The maximum Gasteiger partial charge on any atom is 0.0446 e. The first-order valence-electron chi connectivity index (χ1n) is 6.79. The maximum absolute atomic E-state index is 9.23. The Kier molecular flexibility index (Phi) is 4.75. The monoisotopic (exact) mass is 248 g/mol. The molecule has 2 atom stereocenters. The van der Waals surface area contributed by atoms with Gasteiger partial charge in [0.1, 0.15) is 0 Å². The number of aliphatic hydroxyl groups excluding tert-OH is 1. The molecule has 0 amide bonds. The van der Waals surface area contributed by atoms with Gasteiger partial charge in [0.15, 0.2) is 0 Å². The predicted molar refractivity (Wildman–Crippen MR) is 74.4 cm³/mol. The molecule has 3 nitrogen and oxygen atoms in total. The topological polar surface area (TPSA) is 26.7 Å². The molecule has 0 bridgehead atoms. The van der Waals surface area contributed by atoms with Gasteiger partial charge < -0.3 is 10.0 Å². The van der Waals surface area contributed by atoms with Crippen molar-refractivity contribution in [2.75, 3.05) is 26.7 Å². The zero-order chi connectivity index (χ0) is 13.0. The fraction of sp³-hybridized carbons (Fsp3) is 0.600. The number of aliphatic hydroxyl groups is 1. The molecule has 18 heavy (non-hydrogen) atoms. The molecule has 3 heteroatoms. The first-order valence-corrected chi connectivity index (χ1v) is 6.79. The minimum Gasteiger partial charge on any atom is -0.396 e. The van der Waals surface area contributed by atoms with Crippen molar-refractivity contribution in [3.05, 3.63) is 35.9 Å². The Morgan fingerprint density at radius 1 is 1.22 bits per heavy atom. The maximum atomic E-state index is 9.23. The molecule has 1 aromatic carbocycles. The number of likely N-dealkylation sites (N-methyl/N-ethyl adjacent to an activating group) is 1. The van der Waals surface area contributed by atoms with Crippen LogP contribution in [0.4, 0.5) is 0 Å². The number of piperazine rings is 1. The first kappa shape index (κ1) is 13.5. The van der Waals surface area contributed by atoms with Crippen molar-refractivity contribution in [2.45, 2.75) is 32.0 Å². The van der Waals surface area contributed by atoms with Gasteiger partial charge in [0.05, 0.1) is 0 Å². The van der Waals surface area contributed by atoms with Crippen LogP contribution >= 0.6 is 0 Å². The summed E-state index contributed by atoms with van der Waals surface area (Å²) >= 11 is 0. The Balaban J connectivity index is 2.07. The van der Waals surface area contributed by atoms with Crippen molar-refractivity contribution in [3.8, 4) is 0 Å². The van der Waals surface area contributed by atoms with Gasteiger partial charge in [0.25, 0.3) is 0 Å². The number of hydrogen-bond donors (Lipinski definition) is 1. The van der Waals surface area contributed by atoms with Crippen LogP contribution < -0.4 is 0 Å². The quantitative estimate of drug-likeness (QED) is 0.876. The van der Waals surface area contributed by atoms with Gasteiger partial charge >= 0.3 is 0 Å². The van der Waals surface area contributed by atoms with Gasteiger partial charge in [-0.25, -0.2) is 0 Å². The fourth-order valence-electron chi connectivity index (χ4n) is 2.94. The zero-order valence-corrected chi connectivity index (χ0v) is 11.4. The molecule has 1 aromatic rings. The lowest BCUT2D eigenvalue weighted by Gasteiger charge is -2.44. The summed E-state index contributed by atoms with van der Waals surface area (Å²) in [6, 6.07) is 11.6. The van der Waals surface area contributed by atoms with Crippen LogP contribution in [0.25, 0.3) is 0 Å². The van der Waals surface area contributed by atoms with Crippen LogP contribution in [0, 0.1) is 0 Å². The minimum atomic E-state index is 0.274. The molecule has 1 fully saturated rings. The molecule has 1 aliphatic heterocycles. The number of hydrogen-bond acceptors (Lipinski definition) is 3. The van der Waals surface area contributed by atoms with Crippen LogP contribution in [0.1, 0.15) is 18.9 Å². The van der Waals surface area contributed by atoms with Crippen molar-refractivity contribution in [2.24, 2.45) is 0 Å². The number of rotatable bonds is 4. The highest BCUT2D eigenvalue weighted by molar-refractivity contribution is 5.15. The summed E-state index contributed by atoms with van der Waals surface area (Å²) in [4.78, 5) is 4.90. The third kappa shape index (κ3) is 3.31. The minimum absolute atomic E-state index is 0.274. The molecule has 1 heterocycles. The molecule has 0 radical (unpaired) electrons. The molecule has 1 N–H and O–H groups in total. The summed E-state index contributed by atoms with van der Waals surface area (Å²) in [5.41, 5.74) is 1.36. The molecule has 2 rings (SSSR count). The smallest absolute Gasteiger partial charge is 0.0446 e. The van der Waals surface area contributed by atoms with E-state index in [4.69, 9.17) is 0 Å². The van der Waals surface area contributed by atoms with E-state index < -0.39 is 0 Å². The van der Waals surface area contributed by atoms with Crippen LogP contribution in [0.5, 0.6) is 0 Å². The summed E-state index contributed by atoms with van der Waals surface area (Å²) in [7, 11) is 2.17. The summed E-state index contributed by atoms with van der Waals surface area (Å²) in [5, 5.41) is 9.23. The van der Waals surface area contributed by atoms with E-state index in [0.29, 0.717) is 12.1 Å². The molecule has 0 saturated carbocycles. The van der Waals surface area contributed by atoms with Gasteiger partial charge in [0.2, 0.25) is 0 Å². The fourth-order valence-corrected chi connectivity index (χ4v) is 2.94. The lowest BCUT2D eigenvalue weighted by Crippen LogP contribution is -2.56. The Labute approximate surface area is 110 Å². The van der Waals surface area contributed by atoms with E-state index in [1.807, 2.05) is 0 Å². The largest absolute Gasteiger partial charge is 0.396 e. The van der Waals surface area contributed by atoms with Gasteiger partial charge in [-0.05, 0) is 26.0 Å². The molecule has 0 spiro atoms. The molecule has 1 aliphatic rings. The van der Waals surface area contributed by atoms with Crippen molar-refractivity contribution in [1.82, 2.24) is 9.80 Å². The van der Waals surface area contributed by atoms with Gasteiger partial charge in [-0.15, -0.1) is 0 Å². The second kappa shape index (κ2) is 6.32. The molecular formula is C15H24N2O. The third-order valence-electron chi connectivity index (χ3n) is 3.80. The Hall–Kier alpha value is -0.900. The average Bonchev–Trinajstić information content (AvgIpc) is 2.35. The van der Waals surface area contributed by atoms with E-state index in [-0.39, 0.29) is 6.61 Å². The standard InChI is InChI=1S/C15H24N2O/c1-13-10-16(2)12-15(8-9-18)17(13)11-14-6-4-3-5-7-14/h3-7,13,15,18H,8-12H2,1-2H3. The van der Waals surface area contributed by atoms with Crippen LogP contribution in [0.15, 0.2) is 30.3 Å². The van der Waals surface area contributed by atoms with Crippen LogP contribution in [0.2, 0.25) is 0 Å². The van der Waals surface area contributed by atoms with Gasteiger partial charge in [0, 0.05) is 38.3 Å². The van der Waals surface area contributed by atoms with E-state index in [0.717, 1.165) is 26.1 Å². The summed E-state index contributed by atoms with van der Waals surface area (Å²) in [6.45, 7) is 5.70. The highest BCUT2D eigenvalue weighted by Crippen LogP contribution is 2.20. The Morgan fingerprint density at radius 3 is 2.61 bits per heavy atom. The molecule has 100 valence electrons. The van der Waals surface area contributed by atoms with E-state index in [1.165, 1.54) is 5.56 Å². The van der Waals surface area contributed by atoms with E-state index >= 15 is 0 Å². The molecular weight excluding hydrogens is 224 g/mol. The highest BCUT2D eigenvalue weighted by atomic mass is 16.3.